The molecule has 1 saturated heterocycles. The maximum absolute atomic E-state index is 12.5. The lowest BCUT2D eigenvalue weighted by Crippen LogP contribution is -2.39. The number of carbonyl (C=O) groups excluding carboxylic acids is 1. The molecule has 33 heavy (non-hydrogen) atoms. The second-order valence-electron chi connectivity index (χ2n) is 8.38. The lowest BCUT2D eigenvalue weighted by Gasteiger charge is -2.39. The molecule has 0 amide bonds. The summed E-state index contributed by atoms with van der Waals surface area (Å²) in [4.78, 5) is 33.5. The van der Waals surface area contributed by atoms with Gasteiger partial charge in [-0.3, -0.25) is 9.69 Å². The van der Waals surface area contributed by atoms with E-state index in [2.05, 4.69) is 27.9 Å². The van der Waals surface area contributed by atoms with Gasteiger partial charge in [-0.1, -0.05) is 6.07 Å². The predicted molar refractivity (Wildman–Crippen MR) is 123 cm³/mol. The number of methoxy groups -OCH3 is 1. The number of benzene rings is 1. The lowest BCUT2D eigenvalue weighted by atomic mass is 9.87. The van der Waals surface area contributed by atoms with Gasteiger partial charge in [0.2, 0.25) is 0 Å². The van der Waals surface area contributed by atoms with Gasteiger partial charge in [-0.05, 0) is 62.6 Å². The van der Waals surface area contributed by atoms with E-state index in [4.69, 9.17) is 9.47 Å². The molecule has 174 valence electrons. The van der Waals surface area contributed by atoms with Crippen molar-refractivity contribution in [3.8, 4) is 5.75 Å². The van der Waals surface area contributed by atoms with E-state index in [1.54, 1.807) is 19.4 Å². The molecule has 1 fully saturated rings. The molecule has 2 aromatic heterocycles. The van der Waals surface area contributed by atoms with Gasteiger partial charge in [0.25, 0.3) is 0 Å². The first-order chi connectivity index (χ1) is 15.9. The number of nitrogens with zero attached hydrogens (tertiary/aromatic N) is 2. The number of nitrogens with one attached hydrogen (secondary N) is 1. The maximum atomic E-state index is 12.5. The van der Waals surface area contributed by atoms with E-state index in [0.717, 1.165) is 33.3 Å². The zero-order chi connectivity index (χ0) is 23.5. The fraction of sp³-hybridized carbons (Fsp3) is 0.400. The van der Waals surface area contributed by atoms with E-state index < -0.39 is 5.97 Å². The molecule has 0 saturated carbocycles. The van der Waals surface area contributed by atoms with Crippen LogP contribution >= 0.6 is 0 Å². The third-order valence-electron chi connectivity index (χ3n) is 6.42. The van der Waals surface area contributed by atoms with Crippen molar-refractivity contribution in [2.75, 3.05) is 20.3 Å². The molecule has 3 heterocycles. The highest BCUT2D eigenvalue weighted by atomic mass is 16.5. The number of ether oxygens (including phenoxy) is 2. The van der Waals surface area contributed by atoms with Crippen molar-refractivity contribution in [2.45, 2.75) is 39.3 Å². The van der Waals surface area contributed by atoms with Crippen LogP contribution < -0.4 is 4.74 Å². The Morgan fingerprint density at radius 1 is 1.30 bits per heavy atom. The molecule has 8 nitrogen and oxygen atoms in total. The number of H-pyrrole nitrogens is 1. The highest BCUT2D eigenvalue weighted by molar-refractivity contribution is 5.88. The van der Waals surface area contributed by atoms with E-state index >= 15 is 0 Å². The minimum Gasteiger partial charge on any atom is -0.496 e. The summed E-state index contributed by atoms with van der Waals surface area (Å²) in [5, 5.41) is 10.3. The van der Waals surface area contributed by atoms with Crippen LogP contribution in [0.3, 0.4) is 0 Å². The predicted octanol–water partition coefficient (Wildman–Crippen LogP) is 4.09. The zero-order valence-corrected chi connectivity index (χ0v) is 19.1. The fourth-order valence-electron chi connectivity index (χ4n) is 4.74. The van der Waals surface area contributed by atoms with Crippen LogP contribution in [0.2, 0.25) is 0 Å². The van der Waals surface area contributed by atoms with Gasteiger partial charge in [-0.15, -0.1) is 0 Å². The quantitative estimate of drug-likeness (QED) is 0.521. The average molecular weight is 452 g/mol. The third kappa shape index (κ3) is 4.57. The molecule has 3 aromatic rings. The largest absolute Gasteiger partial charge is 0.496 e. The number of aryl methyl sites for hydroxylation is 1. The van der Waals surface area contributed by atoms with Gasteiger partial charge < -0.3 is 19.6 Å². The molecule has 2 atom stereocenters. The monoisotopic (exact) mass is 451 g/mol. The molecule has 0 aliphatic carbocycles. The van der Waals surface area contributed by atoms with E-state index in [-0.39, 0.29) is 23.6 Å². The first-order valence-electron chi connectivity index (χ1n) is 11.2. The minimum atomic E-state index is -1.06. The number of rotatable bonds is 7. The van der Waals surface area contributed by atoms with Gasteiger partial charge in [0.1, 0.15) is 11.4 Å². The third-order valence-corrected chi connectivity index (χ3v) is 6.42. The number of hydrogen-bond acceptors (Lipinski definition) is 6. The van der Waals surface area contributed by atoms with Gasteiger partial charge in [0, 0.05) is 41.4 Å². The van der Waals surface area contributed by atoms with Crippen LogP contribution in [-0.2, 0) is 16.1 Å². The molecule has 1 aliphatic rings. The summed E-state index contributed by atoms with van der Waals surface area (Å²) in [6.45, 7) is 5.53. The summed E-state index contributed by atoms with van der Waals surface area (Å²) in [6.07, 6.45) is 4.81. The van der Waals surface area contributed by atoms with Crippen LogP contribution in [0.25, 0.3) is 10.9 Å². The topological polar surface area (TPSA) is 105 Å². The smallest absolute Gasteiger partial charge is 0.354 e. The average Bonchev–Trinajstić information content (AvgIpc) is 3.32. The van der Waals surface area contributed by atoms with Gasteiger partial charge in [-0.25, -0.2) is 9.78 Å². The number of piperidine rings is 1. The van der Waals surface area contributed by atoms with Crippen LogP contribution in [0, 0.1) is 12.8 Å². The minimum absolute atomic E-state index is 0.00251. The molecule has 0 bridgehead atoms. The summed E-state index contributed by atoms with van der Waals surface area (Å²) >= 11 is 0. The number of aromatic carboxylic acids is 1. The number of fused-ring (bicyclic) bond motifs is 1. The van der Waals surface area contributed by atoms with Crippen LogP contribution in [0.15, 0.2) is 36.7 Å². The number of carbonyl (C=O) groups is 2. The summed E-state index contributed by atoms with van der Waals surface area (Å²) < 4.78 is 11.0. The molecule has 4 rings (SSSR count). The number of likely N-dealkylation sites (tertiary alicyclic amines) is 1. The van der Waals surface area contributed by atoms with Crippen molar-refractivity contribution in [3.05, 3.63) is 59.0 Å². The number of carboxylic acid groups (broad SMARTS) is 1. The fourth-order valence-corrected chi connectivity index (χ4v) is 4.74. The van der Waals surface area contributed by atoms with Gasteiger partial charge >= 0.3 is 11.9 Å². The standard InChI is InChI=1S/C25H29N3O5/c1-4-33-25(31)16-8-10-28(21(12-16)17-5-6-20(24(29)30)27-13-17)14-19-18-7-9-26-23(18)15(2)11-22(19)32-3/h5-7,9,11,13,16,21,26H,4,8,10,12,14H2,1-3H3,(H,29,30)/t16-,21-/m0/s1. The van der Waals surface area contributed by atoms with Crippen molar-refractivity contribution in [1.82, 2.24) is 14.9 Å². The highest BCUT2D eigenvalue weighted by Gasteiger charge is 2.35. The van der Waals surface area contributed by atoms with E-state index in [1.807, 2.05) is 19.2 Å². The van der Waals surface area contributed by atoms with Crippen molar-refractivity contribution in [2.24, 2.45) is 5.92 Å². The Balaban J connectivity index is 1.69. The number of aromatic nitrogens is 2. The molecule has 8 heteroatoms. The maximum Gasteiger partial charge on any atom is 0.354 e. The molecule has 0 radical (unpaired) electrons. The lowest BCUT2D eigenvalue weighted by molar-refractivity contribution is -0.150. The second kappa shape index (κ2) is 9.62. The van der Waals surface area contributed by atoms with Crippen LogP contribution in [0.1, 0.15) is 53.0 Å². The number of aromatic amines is 1. The molecule has 1 aromatic carbocycles. The molecular weight excluding hydrogens is 422 g/mol. The number of esters is 1. The van der Waals surface area contributed by atoms with Crippen LogP contribution in [-0.4, -0.2) is 52.2 Å². The highest BCUT2D eigenvalue weighted by Crippen LogP contribution is 2.39. The Morgan fingerprint density at radius 2 is 2.12 bits per heavy atom. The van der Waals surface area contributed by atoms with Crippen molar-refractivity contribution >= 4 is 22.8 Å². The van der Waals surface area contributed by atoms with Crippen molar-refractivity contribution in [3.63, 3.8) is 0 Å². The Labute approximate surface area is 192 Å². The Bertz CT molecular complexity index is 1150. The van der Waals surface area contributed by atoms with Crippen LogP contribution in [0.4, 0.5) is 0 Å². The summed E-state index contributed by atoms with van der Waals surface area (Å²) in [5.41, 5.74) is 4.15. The van der Waals surface area contributed by atoms with Gasteiger partial charge in [0.15, 0.2) is 0 Å². The van der Waals surface area contributed by atoms with Gasteiger partial charge in [-0.2, -0.15) is 0 Å². The second-order valence-corrected chi connectivity index (χ2v) is 8.38. The molecular formula is C25H29N3O5. The SMILES string of the molecule is CCOC(=O)[C@H]1CCN(Cc2c(OC)cc(C)c3[nH]ccc23)[C@H](c2ccc(C(=O)O)nc2)C1. The first kappa shape index (κ1) is 22.8. The molecule has 0 unspecified atom stereocenters. The van der Waals surface area contributed by atoms with Crippen LogP contribution in [0.5, 0.6) is 5.75 Å². The Morgan fingerprint density at radius 3 is 2.79 bits per heavy atom. The first-order valence-corrected chi connectivity index (χ1v) is 11.2. The van der Waals surface area contributed by atoms with Crippen molar-refractivity contribution < 1.29 is 24.2 Å². The number of hydrogen-bond donors (Lipinski definition) is 2. The van der Waals surface area contributed by atoms with Gasteiger partial charge in [0.05, 0.1) is 19.6 Å². The van der Waals surface area contributed by atoms with E-state index in [1.165, 1.54) is 6.07 Å². The number of carboxylic acids is 1. The Hall–Kier alpha value is -3.39. The normalized spacial score (nSPS) is 18.9. The van der Waals surface area contributed by atoms with E-state index in [9.17, 15) is 14.7 Å². The summed E-state index contributed by atoms with van der Waals surface area (Å²) in [6, 6.07) is 7.30. The zero-order valence-electron chi connectivity index (χ0n) is 19.1. The van der Waals surface area contributed by atoms with Crippen molar-refractivity contribution in [1.29, 1.82) is 0 Å². The molecule has 0 spiro atoms. The molecule has 1 aliphatic heterocycles. The molecule has 2 N–H and O–H groups in total. The number of pyridine rings is 1. The summed E-state index contributed by atoms with van der Waals surface area (Å²) in [5.74, 6) is -0.633. The summed E-state index contributed by atoms with van der Waals surface area (Å²) in [7, 11) is 1.68. The Kier molecular flexibility index (Phi) is 6.65. The van der Waals surface area contributed by atoms with E-state index in [0.29, 0.717) is 32.5 Å².